The summed E-state index contributed by atoms with van der Waals surface area (Å²) >= 11 is 0. The van der Waals surface area contributed by atoms with Gasteiger partial charge in [0, 0.05) is 24.8 Å². The average Bonchev–Trinajstić information content (AvgIpc) is 3.00. The van der Waals surface area contributed by atoms with E-state index in [9.17, 15) is 14.4 Å². The number of urea groups is 1. The lowest BCUT2D eigenvalue weighted by Crippen LogP contribution is -2.51. The highest BCUT2D eigenvalue weighted by molar-refractivity contribution is 5.96. The van der Waals surface area contributed by atoms with Crippen molar-refractivity contribution < 1.29 is 14.4 Å². The summed E-state index contributed by atoms with van der Waals surface area (Å²) in [5.41, 5.74) is 6.62. The van der Waals surface area contributed by atoms with Gasteiger partial charge in [0.15, 0.2) is 0 Å². The molecule has 1 aliphatic heterocycles. The van der Waals surface area contributed by atoms with Gasteiger partial charge in [-0.2, -0.15) is 0 Å². The maximum atomic E-state index is 13.1. The lowest BCUT2D eigenvalue weighted by molar-refractivity contribution is -0.137. The summed E-state index contributed by atoms with van der Waals surface area (Å²) in [7, 11) is 0. The number of rotatable bonds is 6. The molecule has 2 aliphatic rings. The SMILES string of the molecule is NC1CCC(CNC(=O)CN2CCCCC(NC(=O)Nc3ccc4ccccc4c3)C2=O)CC1. The minimum atomic E-state index is -0.643. The first kappa shape index (κ1) is 24.0. The van der Waals surface area contributed by atoms with Crippen LogP contribution >= 0.6 is 0 Å². The molecule has 4 amide bonds. The molecule has 0 aromatic heterocycles. The van der Waals surface area contributed by atoms with Gasteiger partial charge in [-0.15, -0.1) is 0 Å². The summed E-state index contributed by atoms with van der Waals surface area (Å²) in [4.78, 5) is 39.8. The van der Waals surface area contributed by atoms with Crippen molar-refractivity contribution in [2.75, 3.05) is 25.0 Å². The Morgan fingerprint density at radius 1 is 0.971 bits per heavy atom. The van der Waals surface area contributed by atoms with E-state index in [4.69, 9.17) is 5.73 Å². The Bertz CT molecular complexity index is 1020. The van der Waals surface area contributed by atoms with Crippen LogP contribution in [0.25, 0.3) is 10.8 Å². The van der Waals surface area contributed by atoms with Crippen LogP contribution in [-0.4, -0.2) is 54.5 Å². The van der Waals surface area contributed by atoms with Gasteiger partial charge in [-0.05, 0) is 73.8 Å². The van der Waals surface area contributed by atoms with Crippen LogP contribution in [0.5, 0.6) is 0 Å². The molecule has 2 fully saturated rings. The lowest BCUT2D eigenvalue weighted by Gasteiger charge is -2.27. The largest absolute Gasteiger partial charge is 0.354 e. The summed E-state index contributed by atoms with van der Waals surface area (Å²) in [6, 6.07) is 12.8. The highest BCUT2D eigenvalue weighted by atomic mass is 16.2. The fourth-order valence-electron chi connectivity index (χ4n) is 4.87. The number of nitrogens with two attached hydrogens (primary N) is 1. The van der Waals surface area contributed by atoms with Gasteiger partial charge in [0.05, 0.1) is 6.54 Å². The molecule has 2 aromatic carbocycles. The molecule has 1 saturated carbocycles. The van der Waals surface area contributed by atoms with Gasteiger partial charge in [0.1, 0.15) is 6.04 Å². The van der Waals surface area contributed by atoms with E-state index >= 15 is 0 Å². The Balaban J connectivity index is 1.28. The molecule has 1 saturated heterocycles. The van der Waals surface area contributed by atoms with Crippen molar-refractivity contribution in [3.63, 3.8) is 0 Å². The Kier molecular flexibility index (Phi) is 8.00. The third-order valence-electron chi connectivity index (χ3n) is 6.91. The summed E-state index contributed by atoms with van der Waals surface area (Å²) in [5, 5.41) is 10.7. The van der Waals surface area contributed by atoms with Gasteiger partial charge < -0.3 is 26.6 Å². The first-order valence-electron chi connectivity index (χ1n) is 12.4. The van der Waals surface area contributed by atoms with E-state index in [0.29, 0.717) is 31.1 Å². The molecule has 0 bridgehead atoms. The number of nitrogens with zero attached hydrogens (tertiary/aromatic N) is 1. The van der Waals surface area contributed by atoms with Crippen LogP contribution in [0.2, 0.25) is 0 Å². The third-order valence-corrected chi connectivity index (χ3v) is 6.91. The molecule has 1 aliphatic carbocycles. The zero-order valence-electron chi connectivity index (χ0n) is 19.6. The molecule has 1 heterocycles. The first-order chi connectivity index (χ1) is 16.5. The van der Waals surface area contributed by atoms with Gasteiger partial charge in [-0.25, -0.2) is 4.79 Å². The molecule has 1 atom stereocenters. The summed E-state index contributed by atoms with van der Waals surface area (Å²) < 4.78 is 0. The normalized spacial score (nSPS) is 23.3. The summed E-state index contributed by atoms with van der Waals surface area (Å²) in [5.74, 6) is 0.103. The molecule has 0 radical (unpaired) electrons. The van der Waals surface area contributed by atoms with E-state index in [1.807, 2.05) is 42.5 Å². The van der Waals surface area contributed by atoms with E-state index in [1.54, 1.807) is 4.90 Å². The van der Waals surface area contributed by atoms with Crippen LogP contribution < -0.4 is 21.7 Å². The Morgan fingerprint density at radius 3 is 2.53 bits per heavy atom. The topological polar surface area (TPSA) is 117 Å². The molecule has 1 unspecified atom stereocenters. The smallest absolute Gasteiger partial charge is 0.319 e. The van der Waals surface area contributed by atoms with Crippen LogP contribution in [0.15, 0.2) is 42.5 Å². The zero-order chi connectivity index (χ0) is 23.9. The van der Waals surface area contributed by atoms with E-state index < -0.39 is 12.1 Å². The molecule has 5 N–H and O–H groups in total. The number of anilines is 1. The van der Waals surface area contributed by atoms with E-state index in [0.717, 1.165) is 49.3 Å². The predicted octanol–water partition coefficient (Wildman–Crippen LogP) is 2.98. The summed E-state index contributed by atoms with van der Waals surface area (Å²) in [6.07, 6.45) is 6.24. The molecule has 8 nitrogen and oxygen atoms in total. The number of hydrogen-bond donors (Lipinski definition) is 4. The average molecular weight is 466 g/mol. The van der Waals surface area contributed by atoms with E-state index in [1.165, 1.54) is 0 Å². The van der Waals surface area contributed by atoms with Crippen molar-refractivity contribution in [2.45, 2.75) is 57.0 Å². The van der Waals surface area contributed by atoms with Gasteiger partial charge in [0.25, 0.3) is 0 Å². The Morgan fingerprint density at radius 2 is 1.74 bits per heavy atom. The minimum absolute atomic E-state index is 0.0234. The lowest BCUT2D eigenvalue weighted by atomic mass is 9.86. The molecular weight excluding hydrogens is 430 g/mol. The molecule has 2 aromatic rings. The van der Waals surface area contributed by atoms with Crippen LogP contribution in [0, 0.1) is 5.92 Å². The second-order valence-corrected chi connectivity index (χ2v) is 9.55. The van der Waals surface area contributed by atoms with E-state index in [2.05, 4.69) is 16.0 Å². The van der Waals surface area contributed by atoms with Gasteiger partial charge >= 0.3 is 6.03 Å². The quantitative estimate of drug-likeness (QED) is 0.525. The van der Waals surface area contributed by atoms with Crippen LogP contribution in [0.3, 0.4) is 0 Å². The second kappa shape index (κ2) is 11.3. The van der Waals surface area contributed by atoms with Gasteiger partial charge in [-0.3, -0.25) is 9.59 Å². The second-order valence-electron chi connectivity index (χ2n) is 9.55. The Hall–Kier alpha value is -3.13. The standard InChI is InChI=1S/C26H35N5O3/c27-21-11-8-18(9-12-21)16-28-24(32)17-31-14-4-3-7-23(25(31)33)30-26(34)29-22-13-10-19-5-1-2-6-20(19)15-22/h1-2,5-6,10,13,15,18,21,23H,3-4,7-9,11-12,14,16-17,27H2,(H,28,32)(H2,29,30,34). The number of carbonyl (C=O) groups excluding carboxylic acids is 3. The number of hydrogen-bond acceptors (Lipinski definition) is 4. The van der Waals surface area contributed by atoms with Crippen LogP contribution in [0.1, 0.15) is 44.9 Å². The molecular formula is C26H35N5O3. The van der Waals surface area contributed by atoms with Gasteiger partial charge in [0.2, 0.25) is 11.8 Å². The first-order valence-corrected chi connectivity index (χ1v) is 12.4. The van der Waals surface area contributed by atoms with Crippen molar-refractivity contribution in [1.82, 2.24) is 15.5 Å². The summed E-state index contributed by atoms with van der Waals surface area (Å²) in [6.45, 7) is 1.17. The number of likely N-dealkylation sites (tertiary alicyclic amines) is 1. The maximum absolute atomic E-state index is 13.1. The molecule has 0 spiro atoms. The minimum Gasteiger partial charge on any atom is -0.354 e. The molecule has 34 heavy (non-hydrogen) atoms. The van der Waals surface area contributed by atoms with Crippen molar-refractivity contribution in [3.8, 4) is 0 Å². The fraction of sp³-hybridized carbons (Fsp3) is 0.500. The highest BCUT2D eigenvalue weighted by Crippen LogP contribution is 2.22. The highest BCUT2D eigenvalue weighted by Gasteiger charge is 2.29. The van der Waals surface area contributed by atoms with Crippen molar-refractivity contribution in [3.05, 3.63) is 42.5 Å². The Labute approximate surface area is 200 Å². The monoisotopic (exact) mass is 465 g/mol. The number of benzene rings is 2. The van der Waals surface area contributed by atoms with Gasteiger partial charge in [-0.1, -0.05) is 30.3 Å². The molecule has 4 rings (SSSR count). The predicted molar refractivity (Wildman–Crippen MR) is 133 cm³/mol. The van der Waals surface area contributed by atoms with Crippen LogP contribution in [-0.2, 0) is 9.59 Å². The number of nitrogens with one attached hydrogen (secondary N) is 3. The van der Waals surface area contributed by atoms with Crippen molar-refractivity contribution in [1.29, 1.82) is 0 Å². The third kappa shape index (κ3) is 6.47. The van der Waals surface area contributed by atoms with E-state index in [-0.39, 0.29) is 24.4 Å². The van der Waals surface area contributed by atoms with Crippen molar-refractivity contribution >= 4 is 34.3 Å². The van der Waals surface area contributed by atoms with Crippen molar-refractivity contribution in [2.24, 2.45) is 11.7 Å². The number of amides is 4. The fourth-order valence-corrected chi connectivity index (χ4v) is 4.87. The number of fused-ring (bicyclic) bond motifs is 1. The van der Waals surface area contributed by atoms with Crippen LogP contribution in [0.4, 0.5) is 10.5 Å². The number of carbonyl (C=O) groups is 3. The molecule has 182 valence electrons. The molecule has 8 heteroatoms. The maximum Gasteiger partial charge on any atom is 0.319 e. The zero-order valence-corrected chi connectivity index (χ0v) is 19.6.